The monoisotopic (exact) mass is 183 g/mol. The summed E-state index contributed by atoms with van der Waals surface area (Å²) in [5.41, 5.74) is 6.31. The maximum Gasteiger partial charge on any atom is 0.303 e. The SMILES string of the molecule is Nc1cc(F)cc(CCC(=O)O)c1. The second kappa shape index (κ2) is 3.89. The Morgan fingerprint density at radius 1 is 1.46 bits per heavy atom. The Labute approximate surface area is 75.0 Å². The van der Waals surface area contributed by atoms with E-state index >= 15 is 0 Å². The van der Waals surface area contributed by atoms with Crippen LogP contribution in [-0.2, 0) is 11.2 Å². The molecule has 0 aromatic heterocycles. The highest BCUT2D eigenvalue weighted by atomic mass is 19.1. The summed E-state index contributed by atoms with van der Waals surface area (Å²) in [7, 11) is 0. The minimum atomic E-state index is -0.900. The van der Waals surface area contributed by atoms with Crippen LogP contribution >= 0.6 is 0 Å². The first-order chi connectivity index (χ1) is 6.08. The molecule has 0 radical (unpaired) electrons. The molecule has 0 heterocycles. The molecule has 0 aliphatic heterocycles. The van der Waals surface area contributed by atoms with Crippen LogP contribution in [-0.4, -0.2) is 11.1 Å². The van der Waals surface area contributed by atoms with Gasteiger partial charge in [0, 0.05) is 12.1 Å². The zero-order chi connectivity index (χ0) is 9.84. The molecule has 1 aromatic carbocycles. The lowest BCUT2D eigenvalue weighted by atomic mass is 10.1. The van der Waals surface area contributed by atoms with Crippen LogP contribution in [0.15, 0.2) is 18.2 Å². The number of aryl methyl sites for hydroxylation is 1. The number of carboxylic acid groups (broad SMARTS) is 1. The van der Waals surface area contributed by atoms with Crippen LogP contribution in [0, 0.1) is 5.82 Å². The smallest absolute Gasteiger partial charge is 0.303 e. The van der Waals surface area contributed by atoms with Crippen molar-refractivity contribution in [1.29, 1.82) is 0 Å². The number of anilines is 1. The molecule has 0 saturated heterocycles. The molecule has 3 N–H and O–H groups in total. The van der Waals surface area contributed by atoms with E-state index in [1.165, 1.54) is 12.1 Å². The van der Waals surface area contributed by atoms with Crippen molar-refractivity contribution in [3.63, 3.8) is 0 Å². The molecule has 0 aliphatic carbocycles. The van der Waals surface area contributed by atoms with Gasteiger partial charge in [0.1, 0.15) is 5.82 Å². The van der Waals surface area contributed by atoms with Crippen LogP contribution in [0.2, 0.25) is 0 Å². The van der Waals surface area contributed by atoms with E-state index in [2.05, 4.69) is 0 Å². The highest BCUT2D eigenvalue weighted by molar-refractivity contribution is 5.67. The Kier molecular flexibility index (Phi) is 2.84. The topological polar surface area (TPSA) is 63.3 Å². The molecular formula is C9H10FNO2. The third-order valence-corrected chi connectivity index (χ3v) is 1.61. The fraction of sp³-hybridized carbons (Fsp3) is 0.222. The third kappa shape index (κ3) is 3.11. The Hall–Kier alpha value is -1.58. The highest BCUT2D eigenvalue weighted by Crippen LogP contribution is 2.12. The van der Waals surface area contributed by atoms with Crippen LogP contribution in [0.4, 0.5) is 10.1 Å². The van der Waals surface area contributed by atoms with Gasteiger partial charge in [-0.25, -0.2) is 4.39 Å². The second-order valence-electron chi connectivity index (χ2n) is 2.79. The molecule has 4 heteroatoms. The Morgan fingerprint density at radius 2 is 2.15 bits per heavy atom. The van der Waals surface area contributed by atoms with Crippen LogP contribution < -0.4 is 5.73 Å². The normalized spacial score (nSPS) is 9.92. The van der Waals surface area contributed by atoms with Crippen molar-refractivity contribution in [2.45, 2.75) is 12.8 Å². The Balaban J connectivity index is 2.71. The molecule has 0 unspecified atom stereocenters. The first-order valence-electron chi connectivity index (χ1n) is 3.84. The number of aliphatic carboxylic acids is 1. The van der Waals surface area contributed by atoms with Crippen molar-refractivity contribution in [2.75, 3.05) is 5.73 Å². The first kappa shape index (κ1) is 9.51. The van der Waals surface area contributed by atoms with E-state index < -0.39 is 11.8 Å². The lowest BCUT2D eigenvalue weighted by Crippen LogP contribution is -1.98. The Bertz CT molecular complexity index is 305. The molecule has 70 valence electrons. The van der Waals surface area contributed by atoms with Gasteiger partial charge in [0.15, 0.2) is 0 Å². The van der Waals surface area contributed by atoms with Crippen LogP contribution in [0.25, 0.3) is 0 Å². The van der Waals surface area contributed by atoms with Gasteiger partial charge >= 0.3 is 5.97 Å². The third-order valence-electron chi connectivity index (χ3n) is 1.61. The molecule has 0 saturated carbocycles. The second-order valence-corrected chi connectivity index (χ2v) is 2.79. The van der Waals surface area contributed by atoms with Crippen molar-refractivity contribution in [3.05, 3.63) is 29.6 Å². The first-order valence-corrected chi connectivity index (χ1v) is 3.84. The summed E-state index contributed by atoms with van der Waals surface area (Å²) in [4.78, 5) is 10.2. The van der Waals surface area contributed by atoms with Gasteiger partial charge in [-0.3, -0.25) is 4.79 Å². The number of hydrogen-bond acceptors (Lipinski definition) is 2. The van der Waals surface area contributed by atoms with Gasteiger partial charge in [-0.15, -0.1) is 0 Å². The number of hydrogen-bond donors (Lipinski definition) is 2. The molecule has 0 bridgehead atoms. The average Bonchev–Trinajstić information content (AvgIpc) is 1.99. The molecule has 0 spiro atoms. The molecule has 1 aromatic rings. The van der Waals surface area contributed by atoms with Crippen LogP contribution in [0.5, 0.6) is 0 Å². The minimum absolute atomic E-state index is 0.0110. The number of carboxylic acids is 1. The van der Waals surface area contributed by atoms with E-state index in [9.17, 15) is 9.18 Å². The predicted octanol–water partition coefficient (Wildman–Crippen LogP) is 1.43. The van der Waals surface area contributed by atoms with Gasteiger partial charge in [-0.2, -0.15) is 0 Å². The van der Waals surface area contributed by atoms with E-state index in [0.717, 1.165) is 0 Å². The van der Waals surface area contributed by atoms with Gasteiger partial charge in [0.05, 0.1) is 0 Å². The minimum Gasteiger partial charge on any atom is -0.481 e. The largest absolute Gasteiger partial charge is 0.481 e. The average molecular weight is 183 g/mol. The van der Waals surface area contributed by atoms with E-state index in [0.29, 0.717) is 17.7 Å². The van der Waals surface area contributed by atoms with Crippen LogP contribution in [0.1, 0.15) is 12.0 Å². The van der Waals surface area contributed by atoms with Gasteiger partial charge in [-0.1, -0.05) is 0 Å². The van der Waals surface area contributed by atoms with Crippen molar-refractivity contribution >= 4 is 11.7 Å². The molecule has 0 fully saturated rings. The fourth-order valence-corrected chi connectivity index (χ4v) is 1.07. The number of rotatable bonds is 3. The summed E-state index contributed by atoms with van der Waals surface area (Å²) in [5, 5.41) is 8.39. The van der Waals surface area contributed by atoms with E-state index in [1.54, 1.807) is 6.07 Å². The number of carbonyl (C=O) groups is 1. The zero-order valence-electron chi connectivity index (χ0n) is 6.96. The van der Waals surface area contributed by atoms with Crippen molar-refractivity contribution in [3.8, 4) is 0 Å². The summed E-state index contributed by atoms with van der Waals surface area (Å²) in [5.74, 6) is -1.33. The summed E-state index contributed by atoms with van der Waals surface area (Å²) in [6.07, 6.45) is 0.292. The molecular weight excluding hydrogens is 173 g/mol. The molecule has 0 amide bonds. The Morgan fingerprint density at radius 3 is 2.69 bits per heavy atom. The van der Waals surface area contributed by atoms with Crippen molar-refractivity contribution in [2.24, 2.45) is 0 Å². The highest BCUT2D eigenvalue weighted by Gasteiger charge is 2.01. The molecule has 1 rings (SSSR count). The number of nitrogen functional groups attached to an aromatic ring is 1. The quantitative estimate of drug-likeness (QED) is 0.696. The van der Waals surface area contributed by atoms with E-state index in [1.807, 2.05) is 0 Å². The summed E-state index contributed by atoms with van der Waals surface area (Å²) >= 11 is 0. The van der Waals surface area contributed by atoms with Gasteiger partial charge in [0.2, 0.25) is 0 Å². The summed E-state index contributed by atoms with van der Waals surface area (Å²) in [6.45, 7) is 0. The number of halogens is 1. The van der Waals surface area contributed by atoms with Gasteiger partial charge < -0.3 is 10.8 Å². The zero-order valence-corrected chi connectivity index (χ0v) is 6.96. The van der Waals surface area contributed by atoms with E-state index in [-0.39, 0.29) is 6.42 Å². The van der Waals surface area contributed by atoms with Crippen LogP contribution in [0.3, 0.4) is 0 Å². The summed E-state index contributed by atoms with van der Waals surface area (Å²) in [6, 6.07) is 4.07. The van der Waals surface area contributed by atoms with Crippen molar-refractivity contribution in [1.82, 2.24) is 0 Å². The van der Waals surface area contributed by atoms with Gasteiger partial charge in [-0.05, 0) is 30.2 Å². The lowest BCUT2D eigenvalue weighted by molar-refractivity contribution is -0.136. The van der Waals surface area contributed by atoms with Crippen molar-refractivity contribution < 1.29 is 14.3 Å². The molecule has 0 aliphatic rings. The maximum atomic E-state index is 12.7. The molecule has 3 nitrogen and oxygen atoms in total. The van der Waals surface area contributed by atoms with E-state index in [4.69, 9.17) is 10.8 Å². The summed E-state index contributed by atoms with van der Waals surface area (Å²) < 4.78 is 12.7. The predicted molar refractivity (Wildman–Crippen MR) is 46.8 cm³/mol. The molecule has 0 atom stereocenters. The number of benzene rings is 1. The van der Waals surface area contributed by atoms with Gasteiger partial charge in [0.25, 0.3) is 0 Å². The number of nitrogens with two attached hydrogens (primary N) is 1. The fourth-order valence-electron chi connectivity index (χ4n) is 1.07. The molecule has 13 heavy (non-hydrogen) atoms. The lowest BCUT2D eigenvalue weighted by Gasteiger charge is -2.00. The standard InChI is InChI=1S/C9H10FNO2/c10-7-3-6(1-2-9(12)13)4-8(11)5-7/h3-5H,1-2,11H2,(H,12,13). The maximum absolute atomic E-state index is 12.7.